The van der Waals surface area contributed by atoms with E-state index >= 15 is 0 Å². The molecule has 2 heterocycles. The lowest BCUT2D eigenvalue weighted by atomic mass is 10.2. The van der Waals surface area contributed by atoms with Gasteiger partial charge in [0.25, 0.3) is 0 Å². The Kier molecular flexibility index (Phi) is 4.88. The summed E-state index contributed by atoms with van der Waals surface area (Å²) in [7, 11) is 0. The van der Waals surface area contributed by atoms with Gasteiger partial charge >= 0.3 is 6.09 Å². The van der Waals surface area contributed by atoms with E-state index in [1.165, 1.54) is 11.1 Å². The lowest BCUT2D eigenvalue weighted by Gasteiger charge is -2.29. The third-order valence-corrected chi connectivity index (χ3v) is 4.02. The first-order chi connectivity index (χ1) is 9.85. The van der Waals surface area contributed by atoms with Crippen LogP contribution < -0.4 is 5.32 Å². The number of amidine groups is 1. The van der Waals surface area contributed by atoms with E-state index in [0.29, 0.717) is 19.6 Å². The van der Waals surface area contributed by atoms with Crippen LogP contribution in [0.1, 0.15) is 31.9 Å². The Hall–Kier alpha value is -1.56. The minimum absolute atomic E-state index is 0.275. The molecule has 6 heteroatoms. The van der Waals surface area contributed by atoms with Gasteiger partial charge in [0, 0.05) is 13.1 Å². The highest BCUT2D eigenvalue weighted by Crippen LogP contribution is 2.14. The first-order valence-corrected chi connectivity index (χ1v) is 8.06. The van der Waals surface area contributed by atoms with E-state index in [9.17, 15) is 4.79 Å². The summed E-state index contributed by atoms with van der Waals surface area (Å²) in [5, 5.41) is 7.59. The summed E-state index contributed by atoms with van der Waals surface area (Å²) in [5.41, 5.74) is 2.09. The zero-order valence-electron chi connectivity index (χ0n) is 13.1. The predicted molar refractivity (Wildman–Crippen MR) is 86.0 cm³/mol. The molecule has 0 saturated carbocycles. The van der Waals surface area contributed by atoms with Gasteiger partial charge in [0.1, 0.15) is 11.4 Å². The Morgan fingerprint density at radius 1 is 1.48 bits per heavy atom. The van der Waals surface area contributed by atoms with Gasteiger partial charge < -0.3 is 10.1 Å². The van der Waals surface area contributed by atoms with E-state index < -0.39 is 5.60 Å². The van der Waals surface area contributed by atoms with Crippen molar-refractivity contribution >= 4 is 23.3 Å². The molecule has 116 valence electrons. The third-order valence-electron chi connectivity index (χ3n) is 3.11. The molecule has 1 amide bonds. The number of carbonyl (C=O) groups is 1. The second-order valence-corrected chi connectivity index (χ2v) is 6.91. The molecular weight excluding hydrogens is 286 g/mol. The summed E-state index contributed by atoms with van der Waals surface area (Å²) in [5.74, 6) is 0.845. The van der Waals surface area contributed by atoms with Crippen LogP contribution in [-0.2, 0) is 11.3 Å². The van der Waals surface area contributed by atoms with Crippen molar-refractivity contribution in [2.45, 2.75) is 39.8 Å². The smallest absolute Gasteiger partial charge is 0.410 e. The Labute approximate surface area is 130 Å². The fraction of sp³-hybridized carbons (Fsp3) is 0.600. The lowest BCUT2D eigenvalue weighted by Crippen LogP contribution is -2.47. The number of thiophene rings is 1. The highest BCUT2D eigenvalue weighted by Gasteiger charge is 2.24. The third kappa shape index (κ3) is 4.74. The Morgan fingerprint density at radius 2 is 2.24 bits per heavy atom. The second-order valence-electron chi connectivity index (χ2n) is 6.16. The van der Waals surface area contributed by atoms with Gasteiger partial charge in [-0.25, -0.2) is 4.79 Å². The zero-order chi connectivity index (χ0) is 15.5. The van der Waals surface area contributed by atoms with E-state index in [-0.39, 0.29) is 6.09 Å². The highest BCUT2D eigenvalue weighted by atomic mass is 32.1. The number of carbonyl (C=O) groups excluding carboxylic acids is 1. The van der Waals surface area contributed by atoms with Gasteiger partial charge in [0.15, 0.2) is 0 Å². The van der Waals surface area contributed by atoms with Crippen LogP contribution in [0.2, 0.25) is 0 Å². The topological polar surface area (TPSA) is 53.9 Å². The van der Waals surface area contributed by atoms with Crippen molar-refractivity contribution in [2.24, 2.45) is 4.99 Å². The summed E-state index contributed by atoms with van der Waals surface area (Å²) in [4.78, 5) is 18.2. The maximum atomic E-state index is 12.1. The van der Waals surface area contributed by atoms with Gasteiger partial charge in [0.05, 0.1) is 13.1 Å². The van der Waals surface area contributed by atoms with Crippen LogP contribution in [0, 0.1) is 6.92 Å². The molecule has 0 aromatic carbocycles. The van der Waals surface area contributed by atoms with Crippen molar-refractivity contribution in [3.63, 3.8) is 0 Å². The van der Waals surface area contributed by atoms with Crippen LogP contribution in [0.25, 0.3) is 0 Å². The minimum Gasteiger partial charge on any atom is -0.444 e. The molecule has 0 atom stereocenters. The molecule has 0 saturated heterocycles. The van der Waals surface area contributed by atoms with Crippen LogP contribution in [0.4, 0.5) is 4.79 Å². The van der Waals surface area contributed by atoms with Gasteiger partial charge in [-0.05, 0) is 49.6 Å². The maximum Gasteiger partial charge on any atom is 0.410 e. The number of nitrogens with one attached hydrogen (secondary N) is 1. The Bertz CT molecular complexity index is 531. The summed E-state index contributed by atoms with van der Waals surface area (Å²) < 4.78 is 5.40. The van der Waals surface area contributed by atoms with E-state index in [2.05, 4.69) is 28.0 Å². The lowest BCUT2D eigenvalue weighted by molar-refractivity contribution is 0.0276. The molecule has 5 nitrogen and oxygen atoms in total. The molecule has 0 fully saturated rings. The number of ether oxygens (including phenoxy) is 1. The SMILES string of the molecule is Cc1cscc1CNC1=NCCN(C(=O)OC(C)(C)C)C1. The fourth-order valence-corrected chi connectivity index (χ4v) is 2.83. The molecule has 1 N–H and O–H groups in total. The molecule has 1 aromatic rings. The van der Waals surface area contributed by atoms with E-state index in [0.717, 1.165) is 12.4 Å². The van der Waals surface area contributed by atoms with Crippen LogP contribution in [0.5, 0.6) is 0 Å². The molecule has 1 aliphatic heterocycles. The standard InChI is InChI=1S/C15H23N3O2S/c1-11-9-21-10-12(11)7-17-13-8-18(6-5-16-13)14(19)20-15(2,3)4/h9-10H,5-8H2,1-4H3,(H,16,17). The monoisotopic (exact) mass is 309 g/mol. The van der Waals surface area contributed by atoms with Gasteiger partial charge in [-0.2, -0.15) is 11.3 Å². The molecular formula is C15H23N3O2S. The van der Waals surface area contributed by atoms with E-state index in [4.69, 9.17) is 4.74 Å². The molecule has 1 aromatic heterocycles. The summed E-state index contributed by atoms with van der Waals surface area (Å²) in [6, 6.07) is 0. The van der Waals surface area contributed by atoms with Crippen molar-refractivity contribution in [3.8, 4) is 0 Å². The molecule has 1 aliphatic rings. The van der Waals surface area contributed by atoms with Crippen LogP contribution >= 0.6 is 11.3 Å². The number of nitrogens with zero attached hydrogens (tertiary/aromatic N) is 2. The first kappa shape index (κ1) is 15.8. The Balaban J connectivity index is 1.87. The van der Waals surface area contributed by atoms with Crippen molar-refractivity contribution in [1.82, 2.24) is 10.2 Å². The normalized spacial score (nSPS) is 15.6. The number of hydrogen-bond acceptors (Lipinski definition) is 5. The Morgan fingerprint density at radius 3 is 2.86 bits per heavy atom. The molecule has 0 bridgehead atoms. The molecule has 0 aliphatic carbocycles. The predicted octanol–water partition coefficient (Wildman–Crippen LogP) is 2.80. The summed E-state index contributed by atoms with van der Waals surface area (Å²) in [6.07, 6.45) is -0.275. The van der Waals surface area contributed by atoms with Crippen molar-refractivity contribution in [2.75, 3.05) is 19.6 Å². The highest BCUT2D eigenvalue weighted by molar-refractivity contribution is 7.08. The second kappa shape index (κ2) is 6.47. The number of hydrogen-bond donors (Lipinski definition) is 1. The average Bonchev–Trinajstić information content (AvgIpc) is 2.80. The van der Waals surface area contributed by atoms with Crippen LogP contribution in [0.3, 0.4) is 0 Å². The first-order valence-electron chi connectivity index (χ1n) is 7.12. The van der Waals surface area contributed by atoms with Crippen LogP contribution in [0.15, 0.2) is 15.8 Å². The molecule has 21 heavy (non-hydrogen) atoms. The number of aliphatic imine (C=N–C) groups is 1. The van der Waals surface area contributed by atoms with E-state index in [1.54, 1.807) is 16.2 Å². The minimum atomic E-state index is -0.465. The van der Waals surface area contributed by atoms with Gasteiger partial charge in [-0.3, -0.25) is 9.89 Å². The number of amides is 1. The largest absolute Gasteiger partial charge is 0.444 e. The maximum absolute atomic E-state index is 12.1. The van der Waals surface area contributed by atoms with Crippen LogP contribution in [-0.4, -0.2) is 42.1 Å². The molecule has 0 radical (unpaired) electrons. The van der Waals surface area contributed by atoms with E-state index in [1.807, 2.05) is 20.8 Å². The molecule has 0 spiro atoms. The molecule has 2 rings (SSSR count). The van der Waals surface area contributed by atoms with Gasteiger partial charge in [-0.15, -0.1) is 0 Å². The summed E-state index contributed by atoms with van der Waals surface area (Å²) >= 11 is 1.70. The average molecular weight is 309 g/mol. The van der Waals surface area contributed by atoms with Crippen molar-refractivity contribution in [1.29, 1.82) is 0 Å². The zero-order valence-corrected chi connectivity index (χ0v) is 13.9. The number of rotatable bonds is 2. The fourth-order valence-electron chi connectivity index (χ4n) is 1.97. The number of aryl methyl sites for hydroxylation is 1. The van der Waals surface area contributed by atoms with Gasteiger partial charge in [-0.1, -0.05) is 0 Å². The van der Waals surface area contributed by atoms with Gasteiger partial charge in [0.2, 0.25) is 0 Å². The quantitative estimate of drug-likeness (QED) is 0.914. The molecule has 0 unspecified atom stereocenters. The van der Waals surface area contributed by atoms with Crippen molar-refractivity contribution in [3.05, 3.63) is 21.9 Å². The van der Waals surface area contributed by atoms with Crippen molar-refractivity contribution < 1.29 is 9.53 Å². The summed E-state index contributed by atoms with van der Waals surface area (Å²) in [6.45, 7) is 10.2.